The van der Waals surface area contributed by atoms with Crippen molar-refractivity contribution in [3.63, 3.8) is 0 Å². The normalized spacial score (nSPS) is 18.4. The molecule has 0 aromatic rings. The molecule has 0 atom stereocenters. The maximum atomic E-state index is 2.35. The van der Waals surface area contributed by atoms with Crippen molar-refractivity contribution in [3.05, 3.63) is 22.3 Å². The average molecular weight is 248 g/mol. The summed E-state index contributed by atoms with van der Waals surface area (Å²) in [5.74, 6) is 0. The van der Waals surface area contributed by atoms with Gasteiger partial charge in [0.15, 0.2) is 0 Å². The Hall–Kier alpha value is 0.116. The van der Waals surface area contributed by atoms with Gasteiger partial charge in [0, 0.05) is 0 Å². The van der Waals surface area contributed by atoms with Gasteiger partial charge in [0.2, 0.25) is 0 Å². The summed E-state index contributed by atoms with van der Waals surface area (Å²) in [6.45, 7) is 11.6. The van der Waals surface area contributed by atoms with Gasteiger partial charge in [-0.3, -0.25) is 0 Å². The number of rotatable bonds is 4. The van der Waals surface area contributed by atoms with Crippen molar-refractivity contribution in [2.75, 3.05) is 0 Å². The monoisotopic (exact) mass is 247 g/mol. The molecule has 0 N–H and O–H groups in total. The molecule has 0 aromatic heterocycles. The van der Waals surface area contributed by atoms with Crippen LogP contribution in [0.2, 0.25) is 9.45 Å². The molecule has 0 heterocycles. The standard InChI is InChI=1S/C9H13.C4H9.Ga/c1-6-5-7(2)9(4)8(6)3;1-3-4-2;/h5H,1-4H3;1,3-4H2,2H3;. The molecular weight excluding hydrogens is 226 g/mol. The first kappa shape index (κ1) is 12.2. The van der Waals surface area contributed by atoms with Crippen molar-refractivity contribution < 1.29 is 0 Å². The summed E-state index contributed by atoms with van der Waals surface area (Å²) in [5.41, 5.74) is 6.55. The predicted octanol–water partition coefficient (Wildman–Crippen LogP) is 4.38. The second kappa shape index (κ2) is 5.27. The Bertz CT molecular complexity index is 247. The molecule has 77 valence electrons. The summed E-state index contributed by atoms with van der Waals surface area (Å²) >= 11 is -0.0548. The van der Waals surface area contributed by atoms with Crippen LogP contribution >= 0.6 is 0 Å². The van der Waals surface area contributed by atoms with Gasteiger partial charge in [-0.2, -0.15) is 0 Å². The molecule has 1 aliphatic rings. The molecule has 0 aromatic carbocycles. The average Bonchev–Trinajstić information content (AvgIpc) is 2.35. The van der Waals surface area contributed by atoms with E-state index in [1.807, 2.05) is 0 Å². The van der Waals surface area contributed by atoms with E-state index in [4.69, 9.17) is 0 Å². The zero-order valence-electron chi connectivity index (χ0n) is 10.3. The molecule has 0 aliphatic heterocycles. The Balaban J connectivity index is 2.63. The fourth-order valence-corrected chi connectivity index (χ4v) is 6.81. The number of unbranched alkanes of at least 4 members (excludes halogenated alkanes) is 1. The Morgan fingerprint density at radius 3 is 1.93 bits per heavy atom. The number of hydrogen-bond acceptors (Lipinski definition) is 0. The van der Waals surface area contributed by atoms with Gasteiger partial charge in [-0.25, -0.2) is 0 Å². The summed E-state index contributed by atoms with van der Waals surface area (Å²) in [6.07, 6.45) is 2.82. The van der Waals surface area contributed by atoms with E-state index < -0.39 is 0 Å². The topological polar surface area (TPSA) is 0 Å². The molecule has 0 unspecified atom stereocenters. The summed E-state index contributed by atoms with van der Waals surface area (Å²) in [6, 6.07) is 0. The minimum atomic E-state index is -0.0548. The van der Waals surface area contributed by atoms with Crippen LogP contribution in [0.25, 0.3) is 0 Å². The maximum absolute atomic E-state index is 2.35. The molecule has 14 heavy (non-hydrogen) atoms. The first-order valence-electron chi connectivity index (χ1n) is 5.78. The first-order valence-corrected chi connectivity index (χ1v) is 8.89. The molecule has 1 rings (SSSR count). The summed E-state index contributed by atoms with van der Waals surface area (Å²) in [7, 11) is 0. The van der Waals surface area contributed by atoms with Crippen molar-refractivity contribution in [1.29, 1.82) is 0 Å². The second-order valence-electron chi connectivity index (χ2n) is 4.47. The van der Waals surface area contributed by atoms with E-state index in [2.05, 4.69) is 34.6 Å². The van der Waals surface area contributed by atoms with E-state index >= 15 is 0 Å². The van der Waals surface area contributed by atoms with Crippen molar-refractivity contribution in [1.82, 2.24) is 0 Å². The van der Waals surface area contributed by atoms with Crippen molar-refractivity contribution in [2.45, 2.75) is 56.9 Å². The zero-order chi connectivity index (χ0) is 10.7. The van der Waals surface area contributed by atoms with Crippen LogP contribution in [0.15, 0.2) is 22.3 Å². The van der Waals surface area contributed by atoms with E-state index in [1.54, 1.807) is 27.3 Å². The zero-order valence-corrected chi connectivity index (χ0v) is 12.7. The van der Waals surface area contributed by atoms with Crippen molar-refractivity contribution in [2.24, 2.45) is 0 Å². The third-order valence-corrected chi connectivity index (χ3v) is 8.28. The van der Waals surface area contributed by atoms with Gasteiger partial charge in [-0.05, 0) is 0 Å². The molecule has 0 saturated heterocycles. The third-order valence-electron chi connectivity index (χ3n) is 3.64. The van der Waals surface area contributed by atoms with Gasteiger partial charge >= 0.3 is 96.6 Å². The fraction of sp³-hybridized carbons (Fsp3) is 0.692. The van der Waals surface area contributed by atoms with Crippen molar-refractivity contribution >= 4 is 17.4 Å². The van der Waals surface area contributed by atoms with Crippen LogP contribution in [-0.2, 0) is 0 Å². The van der Waals surface area contributed by atoms with E-state index in [-0.39, 0.29) is 17.4 Å². The van der Waals surface area contributed by atoms with Gasteiger partial charge in [-0.1, -0.05) is 0 Å². The molecular formula is C13H22Ga. The molecule has 1 aliphatic carbocycles. The van der Waals surface area contributed by atoms with E-state index in [0.717, 1.165) is 4.47 Å². The van der Waals surface area contributed by atoms with Crippen LogP contribution in [-0.4, -0.2) is 17.4 Å². The minimum absolute atomic E-state index is 0.0548. The SMILES string of the molecule is CCC[CH2][Ga][CH]1C(C)=C(C)C(C)=C1C. The quantitative estimate of drug-likeness (QED) is 0.511. The van der Waals surface area contributed by atoms with Gasteiger partial charge in [-0.15, -0.1) is 0 Å². The number of hydrogen-bond donors (Lipinski definition) is 0. The van der Waals surface area contributed by atoms with Gasteiger partial charge in [0.25, 0.3) is 0 Å². The van der Waals surface area contributed by atoms with E-state index in [9.17, 15) is 0 Å². The number of allylic oxidation sites excluding steroid dienone is 4. The van der Waals surface area contributed by atoms with Gasteiger partial charge < -0.3 is 0 Å². The molecule has 1 radical (unpaired) electrons. The molecule has 0 spiro atoms. The fourth-order valence-electron chi connectivity index (χ4n) is 2.22. The predicted molar refractivity (Wildman–Crippen MR) is 66.0 cm³/mol. The third kappa shape index (κ3) is 2.37. The molecule has 0 fully saturated rings. The molecule has 1 heteroatoms. The summed E-state index contributed by atoms with van der Waals surface area (Å²) in [4.78, 5) is 1.54. The molecule has 0 amide bonds. The first-order chi connectivity index (χ1) is 6.59. The van der Waals surface area contributed by atoms with Crippen LogP contribution in [0, 0.1) is 0 Å². The van der Waals surface area contributed by atoms with Gasteiger partial charge in [0.05, 0.1) is 0 Å². The van der Waals surface area contributed by atoms with E-state index in [1.165, 1.54) is 12.8 Å². The van der Waals surface area contributed by atoms with Crippen LogP contribution in [0.1, 0.15) is 47.5 Å². The van der Waals surface area contributed by atoms with Crippen LogP contribution in [0.4, 0.5) is 0 Å². The Morgan fingerprint density at radius 1 is 1.00 bits per heavy atom. The summed E-state index contributed by atoms with van der Waals surface area (Å²) in [5, 5.41) is 0. The molecule has 0 nitrogen and oxygen atoms in total. The molecule has 0 bridgehead atoms. The van der Waals surface area contributed by atoms with Crippen molar-refractivity contribution in [3.8, 4) is 0 Å². The van der Waals surface area contributed by atoms with Crippen LogP contribution in [0.3, 0.4) is 0 Å². The van der Waals surface area contributed by atoms with E-state index in [0.29, 0.717) is 0 Å². The van der Waals surface area contributed by atoms with Gasteiger partial charge in [0.1, 0.15) is 0 Å². The Kier molecular flexibility index (Phi) is 4.59. The second-order valence-corrected chi connectivity index (χ2v) is 8.07. The van der Waals surface area contributed by atoms with Crippen LogP contribution in [0.5, 0.6) is 0 Å². The Labute approximate surface area is 96.6 Å². The van der Waals surface area contributed by atoms with Crippen LogP contribution < -0.4 is 0 Å². The summed E-state index contributed by atoms with van der Waals surface area (Å²) < 4.78 is 0.922. The molecule has 0 saturated carbocycles. The Morgan fingerprint density at radius 2 is 1.50 bits per heavy atom.